The molecule has 2 aromatic carbocycles. The third-order valence-corrected chi connectivity index (χ3v) is 6.92. The van der Waals surface area contributed by atoms with Crippen molar-refractivity contribution < 1.29 is 23.2 Å². The zero-order valence-electron chi connectivity index (χ0n) is 22.0. The van der Waals surface area contributed by atoms with E-state index in [1.807, 2.05) is 62.1 Å². The number of oxazole rings is 1. The van der Waals surface area contributed by atoms with Gasteiger partial charge < -0.3 is 23.4 Å². The molecule has 3 heterocycles. The summed E-state index contributed by atoms with van der Waals surface area (Å²) in [6.45, 7) is 6.56. The summed E-state index contributed by atoms with van der Waals surface area (Å²) >= 11 is 0. The van der Waals surface area contributed by atoms with Crippen molar-refractivity contribution in [3.05, 3.63) is 107 Å². The Morgan fingerprint density at radius 1 is 1.13 bits per heavy atom. The molecule has 8 heteroatoms. The van der Waals surface area contributed by atoms with Gasteiger partial charge in [-0.2, -0.15) is 0 Å². The third kappa shape index (κ3) is 5.07. The topological polar surface area (TPSA) is 89.0 Å². The van der Waals surface area contributed by atoms with Crippen molar-refractivity contribution in [2.24, 2.45) is 0 Å². The first-order valence-corrected chi connectivity index (χ1v) is 12.7. The molecule has 0 aliphatic carbocycles. The summed E-state index contributed by atoms with van der Waals surface area (Å²) in [6.07, 6.45) is 3.60. The van der Waals surface area contributed by atoms with Crippen LogP contribution in [0.15, 0.2) is 76.0 Å². The molecule has 0 spiro atoms. The quantitative estimate of drug-likeness (QED) is 0.328. The summed E-state index contributed by atoms with van der Waals surface area (Å²) in [6, 6.07) is 17.3. The highest BCUT2D eigenvalue weighted by Gasteiger charge is 2.34. The van der Waals surface area contributed by atoms with Gasteiger partial charge in [0.1, 0.15) is 12.0 Å². The van der Waals surface area contributed by atoms with E-state index in [0.29, 0.717) is 23.9 Å². The lowest BCUT2D eigenvalue weighted by Crippen LogP contribution is -2.40. The molecule has 0 bridgehead atoms. The molecular weight excluding hydrogens is 482 g/mol. The number of hydrogen-bond donors (Lipinski definition) is 0. The van der Waals surface area contributed by atoms with Gasteiger partial charge in [0.25, 0.3) is 11.8 Å². The van der Waals surface area contributed by atoms with Crippen LogP contribution in [0.2, 0.25) is 0 Å². The van der Waals surface area contributed by atoms with Crippen LogP contribution in [-0.4, -0.2) is 46.2 Å². The van der Waals surface area contributed by atoms with E-state index in [1.165, 1.54) is 12.5 Å². The van der Waals surface area contributed by atoms with Crippen molar-refractivity contribution in [2.75, 3.05) is 13.6 Å². The first-order valence-electron chi connectivity index (χ1n) is 12.7. The zero-order valence-corrected chi connectivity index (χ0v) is 22.0. The van der Waals surface area contributed by atoms with Gasteiger partial charge in [0.2, 0.25) is 5.89 Å². The number of rotatable bonds is 7. The van der Waals surface area contributed by atoms with Crippen molar-refractivity contribution in [3.63, 3.8) is 0 Å². The first kappa shape index (κ1) is 25.3. The summed E-state index contributed by atoms with van der Waals surface area (Å²) < 4.78 is 17.0. The van der Waals surface area contributed by atoms with Crippen LogP contribution in [0.25, 0.3) is 0 Å². The maximum atomic E-state index is 13.4. The number of hydrogen-bond acceptors (Lipinski definition) is 6. The maximum absolute atomic E-state index is 13.4. The Labute approximate surface area is 221 Å². The van der Waals surface area contributed by atoms with Gasteiger partial charge in [-0.1, -0.05) is 35.9 Å². The molecule has 38 heavy (non-hydrogen) atoms. The molecule has 0 saturated carbocycles. The average Bonchev–Trinajstić information content (AvgIpc) is 3.63. The molecular formula is C30H31N3O5. The SMILES string of the molecule is Cc1cccc(C2c3cc(OCc4nc(C(=O)N(C)C(C)C)co4)ccc3CCN2C(=O)c2ccco2)c1. The number of furan rings is 1. The number of carbonyl (C=O) groups excluding carboxylic acids is 2. The number of nitrogens with zero attached hydrogens (tertiary/aromatic N) is 3. The van der Waals surface area contributed by atoms with Crippen LogP contribution in [0.4, 0.5) is 0 Å². The van der Waals surface area contributed by atoms with Gasteiger partial charge in [-0.25, -0.2) is 4.98 Å². The van der Waals surface area contributed by atoms with E-state index >= 15 is 0 Å². The molecule has 8 nitrogen and oxygen atoms in total. The van der Waals surface area contributed by atoms with Crippen LogP contribution in [-0.2, 0) is 13.0 Å². The Balaban J connectivity index is 1.41. The number of benzene rings is 2. The van der Waals surface area contributed by atoms with E-state index in [9.17, 15) is 9.59 Å². The van der Waals surface area contributed by atoms with Crippen LogP contribution in [0.3, 0.4) is 0 Å². The lowest BCUT2D eigenvalue weighted by Gasteiger charge is -2.37. The number of ether oxygens (including phenoxy) is 1. The lowest BCUT2D eigenvalue weighted by atomic mass is 9.87. The minimum Gasteiger partial charge on any atom is -0.484 e. The second kappa shape index (κ2) is 10.6. The smallest absolute Gasteiger partial charge is 0.290 e. The Hall–Kier alpha value is -4.33. The molecule has 0 radical (unpaired) electrons. The van der Waals surface area contributed by atoms with Gasteiger partial charge in [-0.15, -0.1) is 0 Å². The second-order valence-electron chi connectivity index (χ2n) is 9.83. The van der Waals surface area contributed by atoms with Gasteiger partial charge in [-0.3, -0.25) is 9.59 Å². The predicted molar refractivity (Wildman–Crippen MR) is 141 cm³/mol. The van der Waals surface area contributed by atoms with Crippen molar-refractivity contribution >= 4 is 11.8 Å². The summed E-state index contributed by atoms with van der Waals surface area (Å²) in [5.41, 5.74) is 4.55. The maximum Gasteiger partial charge on any atom is 0.290 e. The number of fused-ring (bicyclic) bond motifs is 1. The van der Waals surface area contributed by atoms with Gasteiger partial charge in [-0.05, 0) is 68.1 Å². The molecule has 196 valence electrons. The summed E-state index contributed by atoms with van der Waals surface area (Å²) in [7, 11) is 1.73. The first-order chi connectivity index (χ1) is 18.3. The Morgan fingerprint density at radius 2 is 1.97 bits per heavy atom. The number of aromatic nitrogens is 1. The monoisotopic (exact) mass is 513 g/mol. The molecule has 0 N–H and O–H groups in total. The average molecular weight is 514 g/mol. The zero-order chi connectivity index (χ0) is 26.8. The van der Waals surface area contributed by atoms with Crippen LogP contribution in [0.5, 0.6) is 5.75 Å². The molecule has 5 rings (SSSR count). The van der Waals surface area contributed by atoms with E-state index < -0.39 is 0 Å². The van der Waals surface area contributed by atoms with E-state index in [4.69, 9.17) is 13.6 Å². The Morgan fingerprint density at radius 3 is 2.71 bits per heavy atom. The highest BCUT2D eigenvalue weighted by molar-refractivity contribution is 5.92. The van der Waals surface area contributed by atoms with E-state index in [1.54, 1.807) is 24.1 Å². The molecule has 2 aromatic heterocycles. The highest BCUT2D eigenvalue weighted by Crippen LogP contribution is 2.38. The molecule has 4 aromatic rings. The van der Waals surface area contributed by atoms with Crippen molar-refractivity contribution in [2.45, 2.75) is 45.9 Å². The molecule has 1 unspecified atom stereocenters. The van der Waals surface area contributed by atoms with Crippen LogP contribution in [0.1, 0.15) is 69.1 Å². The molecule has 2 amide bonds. The minimum absolute atomic E-state index is 0.0509. The Kier molecular flexibility index (Phi) is 7.05. The summed E-state index contributed by atoms with van der Waals surface area (Å²) in [4.78, 5) is 33.7. The van der Waals surface area contributed by atoms with Crippen LogP contribution >= 0.6 is 0 Å². The summed E-state index contributed by atoms with van der Waals surface area (Å²) in [5, 5.41) is 0. The Bertz CT molecular complexity index is 1440. The number of carbonyl (C=O) groups is 2. The minimum atomic E-state index is -0.294. The number of aryl methyl sites for hydroxylation is 1. The van der Waals surface area contributed by atoms with Gasteiger partial charge in [0.15, 0.2) is 18.1 Å². The fourth-order valence-corrected chi connectivity index (χ4v) is 4.68. The highest BCUT2D eigenvalue weighted by atomic mass is 16.5. The number of amides is 2. The van der Waals surface area contributed by atoms with Gasteiger partial charge in [0.05, 0.1) is 12.3 Å². The molecule has 1 atom stereocenters. The van der Waals surface area contributed by atoms with Crippen molar-refractivity contribution in [1.29, 1.82) is 0 Å². The normalized spacial score (nSPS) is 14.9. The largest absolute Gasteiger partial charge is 0.484 e. The fourth-order valence-electron chi connectivity index (χ4n) is 4.68. The molecule has 1 aliphatic heterocycles. The second-order valence-corrected chi connectivity index (χ2v) is 9.83. The van der Waals surface area contributed by atoms with Crippen LogP contribution < -0.4 is 4.74 Å². The fraction of sp³-hybridized carbons (Fsp3) is 0.300. The predicted octanol–water partition coefficient (Wildman–Crippen LogP) is 5.42. The van der Waals surface area contributed by atoms with Crippen LogP contribution in [0, 0.1) is 6.92 Å². The van der Waals surface area contributed by atoms with E-state index in [0.717, 1.165) is 28.7 Å². The third-order valence-electron chi connectivity index (χ3n) is 6.92. The lowest BCUT2D eigenvalue weighted by molar-refractivity contribution is 0.0661. The standard InChI is InChI=1S/C30H31N3O5/c1-19(2)32(4)29(34)25-17-38-27(31-25)18-37-23-11-10-21-12-13-33(30(35)26-9-6-14-36-26)28(24(21)16-23)22-8-5-7-20(3)15-22/h5-11,14-17,19,28H,12-13,18H2,1-4H3. The summed E-state index contributed by atoms with van der Waals surface area (Å²) in [5.74, 6) is 0.899. The van der Waals surface area contributed by atoms with E-state index in [-0.39, 0.29) is 36.2 Å². The van der Waals surface area contributed by atoms with Crippen molar-refractivity contribution in [3.8, 4) is 5.75 Å². The van der Waals surface area contributed by atoms with Crippen molar-refractivity contribution in [1.82, 2.24) is 14.8 Å². The molecule has 1 aliphatic rings. The van der Waals surface area contributed by atoms with Gasteiger partial charge in [0, 0.05) is 19.6 Å². The molecule has 0 fully saturated rings. The van der Waals surface area contributed by atoms with E-state index in [2.05, 4.69) is 11.1 Å². The molecule has 0 saturated heterocycles. The van der Waals surface area contributed by atoms with Gasteiger partial charge >= 0.3 is 0 Å².